The third-order valence-electron chi connectivity index (χ3n) is 10.5. The zero-order valence-electron chi connectivity index (χ0n) is 28.5. The number of Topliss-reactive ketones (excluding diaryl/α,β-unsaturated/α-hetero) is 1. The topological polar surface area (TPSA) is 103 Å². The van der Waals surface area contributed by atoms with Gasteiger partial charge in [-0.3, -0.25) is 9.78 Å². The molecule has 3 aliphatic rings. The fourth-order valence-corrected chi connectivity index (χ4v) is 8.17. The number of rotatable bonds is 6. The molecule has 4 atom stereocenters. The number of hydrogen-bond acceptors (Lipinski definition) is 7. The maximum atomic E-state index is 14.3. The Hall–Kier alpha value is -1.71. The SMILES string of the molecule is N[S-](=O)=O.[CH2-]C1C[C@@H](N(C)c2cc(C)ncc2C(=O)C2=CC(C3(C)CCCc4cc(C)c(C)cc43)=C(C)C2)C(C)(C)[C@@H]1OC.[Y]. The zero-order chi connectivity index (χ0) is 32.7. The molecule has 1 radical (unpaired) electrons. The number of aryl methyl sites for hydroxylation is 4. The van der Waals surface area contributed by atoms with Crippen molar-refractivity contribution in [3.05, 3.63) is 87.6 Å². The summed E-state index contributed by atoms with van der Waals surface area (Å²) < 4.78 is 23.4. The van der Waals surface area contributed by atoms with E-state index in [4.69, 9.17) is 13.2 Å². The summed E-state index contributed by atoms with van der Waals surface area (Å²) in [4.78, 5) is 21.1. The summed E-state index contributed by atoms with van der Waals surface area (Å²) in [5.74, 6) is 0.293. The number of nitrogens with zero attached hydrogens (tertiary/aromatic N) is 2. The van der Waals surface area contributed by atoms with E-state index in [2.05, 4.69) is 94.8 Å². The molecule has 2 aromatic rings. The number of aromatic nitrogens is 1. The molecule has 0 amide bonds. The smallest absolute Gasteiger partial charge is 0.192 e. The Morgan fingerprint density at radius 1 is 1.11 bits per heavy atom. The van der Waals surface area contributed by atoms with Crippen LogP contribution in [0, 0.1) is 39.0 Å². The van der Waals surface area contributed by atoms with Gasteiger partial charge in [-0.15, -0.1) is 5.92 Å². The summed E-state index contributed by atoms with van der Waals surface area (Å²) in [6.07, 6.45) is 9.11. The van der Waals surface area contributed by atoms with Crippen molar-refractivity contribution in [3.8, 4) is 0 Å². The molecule has 9 heteroatoms. The van der Waals surface area contributed by atoms with Crippen molar-refractivity contribution in [2.45, 2.75) is 98.1 Å². The van der Waals surface area contributed by atoms with E-state index >= 15 is 0 Å². The predicted molar refractivity (Wildman–Crippen MR) is 178 cm³/mol. The fourth-order valence-electron chi connectivity index (χ4n) is 8.17. The van der Waals surface area contributed by atoms with Crippen LogP contribution >= 0.6 is 0 Å². The van der Waals surface area contributed by atoms with Crippen LogP contribution < -0.4 is 10.0 Å². The average molecular weight is 709 g/mol. The van der Waals surface area contributed by atoms with Crippen LogP contribution in [-0.4, -0.2) is 37.1 Å². The van der Waals surface area contributed by atoms with Gasteiger partial charge in [-0.05, 0) is 98.2 Å². The molecule has 5 rings (SSSR count). The van der Waals surface area contributed by atoms with E-state index in [0.29, 0.717) is 12.0 Å². The van der Waals surface area contributed by atoms with Gasteiger partial charge in [-0.25, -0.2) is 0 Å². The van der Waals surface area contributed by atoms with E-state index in [1.807, 2.05) is 6.92 Å². The maximum absolute atomic E-state index is 14.3. The third kappa shape index (κ3) is 7.41. The Morgan fingerprint density at radius 3 is 2.33 bits per heavy atom. The van der Waals surface area contributed by atoms with Crippen molar-refractivity contribution in [1.82, 2.24) is 4.98 Å². The van der Waals surface area contributed by atoms with Crippen LogP contribution in [0.1, 0.15) is 91.7 Å². The first-order valence-corrected chi connectivity index (χ1v) is 16.6. The average Bonchev–Trinajstić information content (AvgIpc) is 3.44. The van der Waals surface area contributed by atoms with E-state index in [1.165, 1.54) is 39.8 Å². The van der Waals surface area contributed by atoms with E-state index in [9.17, 15) is 4.79 Å². The van der Waals surface area contributed by atoms with Gasteiger partial charge in [-0.2, -0.15) is 0 Å². The number of ketones is 1. The molecule has 0 saturated heterocycles. The van der Waals surface area contributed by atoms with Crippen LogP contribution in [-0.2, 0) is 68.6 Å². The molecule has 1 aromatic heterocycles. The van der Waals surface area contributed by atoms with Gasteiger partial charge in [0.2, 0.25) is 0 Å². The number of nitrogens with two attached hydrogens (primary N) is 1. The minimum atomic E-state index is -2.36. The van der Waals surface area contributed by atoms with Crippen molar-refractivity contribution in [1.29, 1.82) is 0 Å². The van der Waals surface area contributed by atoms with Crippen LogP contribution in [0.25, 0.3) is 0 Å². The number of anilines is 1. The number of benzene rings is 1. The zero-order valence-corrected chi connectivity index (χ0v) is 32.1. The monoisotopic (exact) mass is 708 g/mol. The second kappa shape index (κ2) is 14.6. The van der Waals surface area contributed by atoms with Crippen LogP contribution in [0.3, 0.4) is 0 Å². The first-order valence-electron chi connectivity index (χ1n) is 15.5. The van der Waals surface area contributed by atoms with Crippen LogP contribution in [0.2, 0.25) is 0 Å². The van der Waals surface area contributed by atoms with Crippen molar-refractivity contribution >= 4 is 22.4 Å². The number of hydrogen-bond donors (Lipinski definition) is 1. The molecule has 1 saturated carbocycles. The van der Waals surface area contributed by atoms with Crippen LogP contribution in [0.5, 0.6) is 0 Å². The molecule has 45 heavy (non-hydrogen) atoms. The second-order valence-electron chi connectivity index (χ2n) is 13.9. The van der Waals surface area contributed by atoms with Gasteiger partial charge in [0.05, 0.1) is 11.3 Å². The van der Waals surface area contributed by atoms with Gasteiger partial charge in [0.25, 0.3) is 0 Å². The first-order chi connectivity index (χ1) is 20.5. The molecule has 243 valence electrons. The van der Waals surface area contributed by atoms with Crippen LogP contribution in [0.4, 0.5) is 5.69 Å². The number of carbonyl (C=O) groups is 1. The Kier molecular flexibility index (Phi) is 12.2. The van der Waals surface area contributed by atoms with E-state index in [-0.39, 0.29) is 67.4 Å². The minimum Gasteiger partial charge on any atom is -0.409 e. The number of allylic oxidation sites excluding steroid dienone is 4. The number of pyridine rings is 1. The Morgan fingerprint density at radius 2 is 1.73 bits per heavy atom. The van der Waals surface area contributed by atoms with E-state index < -0.39 is 10.9 Å². The van der Waals surface area contributed by atoms with E-state index in [0.717, 1.165) is 36.2 Å². The van der Waals surface area contributed by atoms with Gasteiger partial charge in [-0.1, -0.05) is 51.0 Å². The van der Waals surface area contributed by atoms with Gasteiger partial charge < -0.3 is 30.1 Å². The molecule has 1 heterocycles. The number of carbonyl (C=O) groups excluding carboxylic acids is 1. The molecule has 3 aliphatic carbocycles. The summed E-state index contributed by atoms with van der Waals surface area (Å²) in [6, 6.07) is 7.06. The first kappa shape index (κ1) is 37.7. The second-order valence-corrected chi connectivity index (χ2v) is 14.4. The van der Waals surface area contributed by atoms with Gasteiger partial charge in [0.15, 0.2) is 5.78 Å². The Bertz CT molecular complexity index is 1590. The van der Waals surface area contributed by atoms with Crippen molar-refractivity contribution in [2.24, 2.45) is 16.5 Å². The Labute approximate surface area is 297 Å². The molecule has 0 aliphatic heterocycles. The summed E-state index contributed by atoms with van der Waals surface area (Å²) in [7, 11) is 1.54. The van der Waals surface area contributed by atoms with Crippen molar-refractivity contribution in [2.75, 3.05) is 19.1 Å². The van der Waals surface area contributed by atoms with Crippen LogP contribution in [0.15, 0.2) is 47.2 Å². The summed E-state index contributed by atoms with van der Waals surface area (Å²) in [5.41, 5.74) is 11.5. The maximum Gasteiger partial charge on any atom is 0.192 e. The van der Waals surface area contributed by atoms with E-state index in [1.54, 1.807) is 13.3 Å². The summed E-state index contributed by atoms with van der Waals surface area (Å²) in [5, 5.41) is 4.03. The molecular weight excluding hydrogens is 659 g/mol. The molecule has 7 nitrogen and oxygen atoms in total. The molecule has 1 fully saturated rings. The molecule has 0 spiro atoms. The van der Waals surface area contributed by atoms with Gasteiger partial charge >= 0.3 is 0 Å². The molecular formula is C36H49N3O4SY-2. The summed E-state index contributed by atoms with van der Waals surface area (Å²) in [6.45, 7) is 19.9. The summed E-state index contributed by atoms with van der Waals surface area (Å²) >= 11 is 0. The van der Waals surface area contributed by atoms with Crippen molar-refractivity contribution < 1.29 is 50.7 Å². The number of methoxy groups -OCH3 is 1. The number of ether oxygens (including phenoxy) is 1. The quantitative estimate of drug-likeness (QED) is 0.197. The number of fused-ring (bicyclic) bond motifs is 1. The van der Waals surface area contributed by atoms with Crippen molar-refractivity contribution in [3.63, 3.8) is 0 Å². The standard InChI is InChI=1S/C36H47N2O2.H2NO2S.Y/c1-21-14-26-12-11-13-36(8,30(26)16-22(21)2)29-19-27(15-23(29)3)33(39)28-20-37-25(5)18-31(28)38(9)32-17-24(4)34(40-10)35(32,6)7;1-4(2)3;/h14,16,18-20,24,32,34H,4,11-13,15,17H2,1-3,5-10H3;(H2,1,2,3);/q2*-1;/t24?,32-,34-,36?;;/m1../s1. The molecule has 2 N–H and O–H groups in total. The molecule has 0 bridgehead atoms. The molecule has 1 aromatic carbocycles. The van der Waals surface area contributed by atoms with Gasteiger partial charge in [0.1, 0.15) is 0 Å². The minimum absolute atomic E-state index is 0. The largest absolute Gasteiger partial charge is 0.409 e. The Balaban J connectivity index is 0.00000104. The third-order valence-corrected chi connectivity index (χ3v) is 10.5. The van der Waals surface area contributed by atoms with Gasteiger partial charge in [0, 0.05) is 87.3 Å². The fraction of sp³-hybridized carbons (Fsp3) is 0.528. The molecule has 2 unspecified atom stereocenters. The normalized spacial score (nSPS) is 25.2. The predicted octanol–water partition coefficient (Wildman–Crippen LogP) is 7.00.